The lowest BCUT2D eigenvalue weighted by Crippen LogP contribution is -2.00. The van der Waals surface area contributed by atoms with E-state index in [4.69, 9.17) is 10.8 Å². The Morgan fingerprint density at radius 2 is 2.21 bits per heavy atom. The van der Waals surface area contributed by atoms with Gasteiger partial charge in [-0.15, -0.1) is 5.10 Å². The van der Waals surface area contributed by atoms with Crippen LogP contribution in [0.15, 0.2) is 6.20 Å². The van der Waals surface area contributed by atoms with E-state index >= 15 is 0 Å². The summed E-state index contributed by atoms with van der Waals surface area (Å²) in [6.45, 7) is 1.67. The van der Waals surface area contributed by atoms with E-state index in [2.05, 4.69) is 10.3 Å². The van der Waals surface area contributed by atoms with Crippen molar-refractivity contribution in [3.05, 3.63) is 11.9 Å². The highest BCUT2D eigenvalue weighted by molar-refractivity contribution is 4.92. The molecule has 0 saturated carbocycles. The number of nitrogens with zero attached hydrogens (tertiary/aromatic N) is 3. The van der Waals surface area contributed by atoms with Crippen LogP contribution in [0.25, 0.3) is 0 Å². The second-order valence-electron chi connectivity index (χ2n) is 3.30. The van der Waals surface area contributed by atoms with Crippen LogP contribution in [0.2, 0.25) is 0 Å². The summed E-state index contributed by atoms with van der Waals surface area (Å²) in [5.41, 5.74) is 6.41. The molecule has 0 aromatic carbocycles. The molecule has 0 aliphatic rings. The fourth-order valence-electron chi connectivity index (χ4n) is 1.25. The van der Waals surface area contributed by atoms with Gasteiger partial charge in [-0.1, -0.05) is 5.21 Å². The molecule has 1 aromatic heterocycles. The Morgan fingerprint density at radius 3 is 2.93 bits per heavy atom. The molecule has 0 aliphatic heterocycles. The van der Waals surface area contributed by atoms with Gasteiger partial charge in [0.1, 0.15) is 0 Å². The Bertz CT molecular complexity index is 249. The van der Waals surface area contributed by atoms with E-state index < -0.39 is 0 Å². The van der Waals surface area contributed by atoms with Gasteiger partial charge in [0.05, 0.1) is 5.69 Å². The van der Waals surface area contributed by atoms with Crippen molar-refractivity contribution in [1.29, 1.82) is 0 Å². The van der Waals surface area contributed by atoms with Crippen LogP contribution in [0.5, 0.6) is 0 Å². The summed E-state index contributed by atoms with van der Waals surface area (Å²) in [7, 11) is 0. The summed E-state index contributed by atoms with van der Waals surface area (Å²) < 4.78 is 1.77. The molecule has 0 saturated heterocycles. The first-order valence-corrected chi connectivity index (χ1v) is 5.06. The van der Waals surface area contributed by atoms with Crippen molar-refractivity contribution in [3.8, 4) is 0 Å². The molecule has 80 valence electrons. The van der Waals surface area contributed by atoms with Crippen LogP contribution in [-0.4, -0.2) is 33.3 Å². The van der Waals surface area contributed by atoms with Crippen LogP contribution in [0.3, 0.4) is 0 Å². The van der Waals surface area contributed by atoms with Crippen molar-refractivity contribution >= 4 is 0 Å². The van der Waals surface area contributed by atoms with E-state index in [0.717, 1.165) is 44.5 Å². The molecule has 0 spiro atoms. The lowest BCUT2D eigenvalue weighted by atomic mass is 10.2. The third kappa shape index (κ3) is 3.85. The molecule has 5 heteroatoms. The maximum absolute atomic E-state index is 8.63. The van der Waals surface area contributed by atoms with Crippen LogP contribution >= 0.6 is 0 Å². The monoisotopic (exact) mass is 198 g/mol. The van der Waals surface area contributed by atoms with Gasteiger partial charge in [0, 0.05) is 19.3 Å². The Balaban J connectivity index is 2.27. The summed E-state index contributed by atoms with van der Waals surface area (Å²) >= 11 is 0. The van der Waals surface area contributed by atoms with Gasteiger partial charge in [0.2, 0.25) is 0 Å². The summed E-state index contributed by atoms with van der Waals surface area (Å²) in [6.07, 6.45) is 5.70. The molecule has 1 aromatic rings. The molecule has 5 nitrogen and oxygen atoms in total. The first-order valence-electron chi connectivity index (χ1n) is 5.06. The van der Waals surface area contributed by atoms with E-state index in [0.29, 0.717) is 0 Å². The summed E-state index contributed by atoms with van der Waals surface area (Å²) in [6, 6.07) is 0. The summed E-state index contributed by atoms with van der Waals surface area (Å²) in [5, 5.41) is 16.6. The Labute approximate surface area is 83.9 Å². The van der Waals surface area contributed by atoms with Gasteiger partial charge in [0.25, 0.3) is 0 Å². The number of aromatic nitrogens is 3. The predicted molar refractivity (Wildman–Crippen MR) is 53.7 cm³/mol. The van der Waals surface area contributed by atoms with Crippen molar-refractivity contribution in [3.63, 3.8) is 0 Å². The largest absolute Gasteiger partial charge is 0.396 e. The van der Waals surface area contributed by atoms with Gasteiger partial charge in [-0.3, -0.25) is 4.68 Å². The number of aryl methyl sites for hydroxylation is 2. The van der Waals surface area contributed by atoms with Crippen molar-refractivity contribution in [2.24, 2.45) is 5.73 Å². The molecule has 0 unspecified atom stereocenters. The summed E-state index contributed by atoms with van der Waals surface area (Å²) in [5.74, 6) is 0. The molecule has 0 aliphatic carbocycles. The highest BCUT2D eigenvalue weighted by atomic mass is 16.3. The molecule has 0 radical (unpaired) electrons. The van der Waals surface area contributed by atoms with Gasteiger partial charge < -0.3 is 10.8 Å². The molecule has 1 rings (SSSR count). The van der Waals surface area contributed by atoms with Crippen LogP contribution in [0.1, 0.15) is 25.0 Å². The number of rotatable bonds is 7. The smallest absolute Gasteiger partial charge is 0.0827 e. The number of hydrogen-bond acceptors (Lipinski definition) is 4. The molecular weight excluding hydrogens is 180 g/mol. The quantitative estimate of drug-likeness (QED) is 0.602. The fraction of sp³-hybridized carbons (Fsp3) is 0.778. The number of nitrogens with two attached hydrogens (primary N) is 1. The topological polar surface area (TPSA) is 77.0 Å². The minimum atomic E-state index is 0.197. The van der Waals surface area contributed by atoms with Crippen molar-refractivity contribution < 1.29 is 5.11 Å². The lowest BCUT2D eigenvalue weighted by Gasteiger charge is -1.95. The van der Waals surface area contributed by atoms with Crippen LogP contribution in [0, 0.1) is 0 Å². The molecule has 0 amide bonds. The van der Waals surface area contributed by atoms with Crippen LogP contribution in [-0.2, 0) is 13.0 Å². The highest BCUT2D eigenvalue weighted by Crippen LogP contribution is 2.00. The Kier molecular flexibility index (Phi) is 5.17. The van der Waals surface area contributed by atoms with Gasteiger partial charge in [-0.2, -0.15) is 0 Å². The maximum Gasteiger partial charge on any atom is 0.0827 e. The van der Waals surface area contributed by atoms with Crippen LogP contribution in [0.4, 0.5) is 0 Å². The van der Waals surface area contributed by atoms with Crippen LogP contribution < -0.4 is 5.73 Å². The van der Waals surface area contributed by atoms with Crippen molar-refractivity contribution in [2.75, 3.05) is 13.2 Å². The average molecular weight is 198 g/mol. The SMILES string of the molecule is NCCCCc1cn(CCCO)nn1. The van der Waals surface area contributed by atoms with Crippen molar-refractivity contribution in [1.82, 2.24) is 15.0 Å². The van der Waals surface area contributed by atoms with E-state index in [-0.39, 0.29) is 6.61 Å². The third-order valence-electron chi connectivity index (χ3n) is 2.02. The van der Waals surface area contributed by atoms with Gasteiger partial charge >= 0.3 is 0 Å². The molecule has 0 bridgehead atoms. The van der Waals surface area contributed by atoms with E-state index in [1.54, 1.807) is 4.68 Å². The maximum atomic E-state index is 8.63. The standard InChI is InChI=1S/C9H18N4O/c10-5-2-1-4-9-8-13(12-11-9)6-3-7-14/h8,14H,1-7,10H2. The molecule has 3 N–H and O–H groups in total. The molecular formula is C9H18N4O. The second kappa shape index (κ2) is 6.50. The minimum absolute atomic E-state index is 0.197. The molecule has 0 atom stereocenters. The zero-order valence-corrected chi connectivity index (χ0v) is 8.39. The Morgan fingerprint density at radius 1 is 1.36 bits per heavy atom. The van der Waals surface area contributed by atoms with Crippen molar-refractivity contribution in [2.45, 2.75) is 32.2 Å². The first-order chi connectivity index (χ1) is 6.86. The zero-order valence-electron chi connectivity index (χ0n) is 8.39. The average Bonchev–Trinajstić information content (AvgIpc) is 2.63. The number of unbranched alkanes of at least 4 members (excludes halogenated alkanes) is 1. The molecule has 14 heavy (non-hydrogen) atoms. The van der Waals surface area contributed by atoms with E-state index in [1.165, 1.54) is 0 Å². The predicted octanol–water partition coefficient (Wildman–Crippen LogP) is -0.0581. The van der Waals surface area contributed by atoms with Gasteiger partial charge in [-0.05, 0) is 32.2 Å². The Hall–Kier alpha value is -0.940. The number of aliphatic hydroxyl groups excluding tert-OH is 1. The molecule has 0 fully saturated rings. The van der Waals surface area contributed by atoms with E-state index in [1.807, 2.05) is 6.20 Å². The number of aliphatic hydroxyl groups is 1. The normalized spacial score (nSPS) is 10.7. The summed E-state index contributed by atoms with van der Waals surface area (Å²) in [4.78, 5) is 0. The molecule has 1 heterocycles. The fourth-order valence-corrected chi connectivity index (χ4v) is 1.25. The first kappa shape index (κ1) is 11.1. The number of hydrogen-bond donors (Lipinski definition) is 2. The minimum Gasteiger partial charge on any atom is -0.396 e. The third-order valence-corrected chi connectivity index (χ3v) is 2.02. The van der Waals surface area contributed by atoms with Gasteiger partial charge in [0.15, 0.2) is 0 Å². The highest BCUT2D eigenvalue weighted by Gasteiger charge is 1.99. The lowest BCUT2D eigenvalue weighted by molar-refractivity contribution is 0.276. The van der Waals surface area contributed by atoms with E-state index in [9.17, 15) is 0 Å². The second-order valence-corrected chi connectivity index (χ2v) is 3.30. The van der Waals surface area contributed by atoms with Gasteiger partial charge in [-0.25, -0.2) is 0 Å². The zero-order chi connectivity index (χ0) is 10.2.